The van der Waals surface area contributed by atoms with Crippen molar-refractivity contribution in [1.82, 2.24) is 4.31 Å². The van der Waals surface area contributed by atoms with Crippen LogP contribution in [-0.2, 0) is 30.8 Å². The molecule has 3 aromatic carbocycles. The van der Waals surface area contributed by atoms with Gasteiger partial charge in [0.05, 0.1) is 33.0 Å². The third kappa shape index (κ3) is 5.96. The molecule has 1 aliphatic rings. The lowest BCUT2D eigenvalue weighted by Gasteiger charge is -2.36. The molecule has 1 atom stereocenters. The molecule has 0 saturated heterocycles. The zero-order valence-electron chi connectivity index (χ0n) is 19.4. The van der Waals surface area contributed by atoms with E-state index < -0.39 is 39.5 Å². The van der Waals surface area contributed by atoms with E-state index in [1.54, 1.807) is 30.3 Å². The summed E-state index contributed by atoms with van der Waals surface area (Å²) in [5, 5.41) is 13.4. The van der Waals surface area contributed by atoms with E-state index in [0.717, 1.165) is 11.6 Å². The molecule has 0 fully saturated rings. The number of fused-ring (bicyclic) bond motifs is 1. The summed E-state index contributed by atoms with van der Waals surface area (Å²) in [7, 11) is -3.91. The van der Waals surface area contributed by atoms with Gasteiger partial charge in [-0.3, -0.25) is 19.7 Å². The van der Waals surface area contributed by atoms with Crippen molar-refractivity contribution in [2.24, 2.45) is 0 Å². The van der Waals surface area contributed by atoms with Crippen molar-refractivity contribution < 1.29 is 27.7 Å². The standard InChI is InChI=1S/C25H22ClN3O7S/c26-21-11-10-18(29(32)33)14-22(21)27-24(30)16-36-25(31)15-23-20-9-5-4-6-17(20)12-13-28(23)37(34,35)19-7-2-1-3-8-19/h1-11,14,23H,12-13,15-16H2,(H,27,30). The predicted molar refractivity (Wildman–Crippen MR) is 136 cm³/mol. The molecular weight excluding hydrogens is 522 g/mol. The van der Waals surface area contributed by atoms with Gasteiger partial charge in [-0.2, -0.15) is 4.31 Å². The Bertz CT molecular complexity index is 1450. The maximum atomic E-state index is 13.4. The van der Waals surface area contributed by atoms with E-state index in [1.807, 2.05) is 12.1 Å². The maximum Gasteiger partial charge on any atom is 0.308 e. The topological polar surface area (TPSA) is 136 Å². The van der Waals surface area contributed by atoms with Gasteiger partial charge in [0.25, 0.3) is 11.6 Å². The summed E-state index contributed by atoms with van der Waals surface area (Å²) in [6, 6.07) is 18.0. The first kappa shape index (κ1) is 26.3. The van der Waals surface area contributed by atoms with Crippen LogP contribution in [0.4, 0.5) is 11.4 Å². The largest absolute Gasteiger partial charge is 0.456 e. The zero-order chi connectivity index (χ0) is 26.6. The van der Waals surface area contributed by atoms with Gasteiger partial charge in [0.15, 0.2) is 6.61 Å². The summed E-state index contributed by atoms with van der Waals surface area (Å²) in [5.41, 5.74) is 1.35. The minimum absolute atomic E-state index is 0.00162. The monoisotopic (exact) mass is 543 g/mol. The molecular formula is C25H22ClN3O7S. The lowest BCUT2D eigenvalue weighted by Crippen LogP contribution is -2.41. The summed E-state index contributed by atoms with van der Waals surface area (Å²) in [4.78, 5) is 35.5. The molecule has 12 heteroatoms. The fourth-order valence-corrected chi connectivity index (χ4v) is 5.92. The van der Waals surface area contributed by atoms with Gasteiger partial charge in [-0.05, 0) is 35.7 Å². The number of ether oxygens (including phenoxy) is 1. The number of nitrogens with zero attached hydrogens (tertiary/aromatic N) is 2. The van der Waals surface area contributed by atoms with E-state index in [-0.39, 0.29) is 34.3 Å². The number of rotatable bonds is 8. The molecule has 1 N–H and O–H groups in total. The molecule has 0 aromatic heterocycles. The number of nitro groups is 1. The van der Waals surface area contributed by atoms with Gasteiger partial charge in [-0.1, -0.05) is 54.1 Å². The second-order valence-electron chi connectivity index (χ2n) is 8.23. The second kappa shape index (κ2) is 11.1. The summed E-state index contributed by atoms with van der Waals surface area (Å²) in [6.45, 7) is -0.504. The number of nitrogens with one attached hydrogen (secondary N) is 1. The average molecular weight is 544 g/mol. The van der Waals surface area contributed by atoms with Crippen LogP contribution >= 0.6 is 11.6 Å². The van der Waals surface area contributed by atoms with Crippen molar-refractivity contribution in [3.63, 3.8) is 0 Å². The van der Waals surface area contributed by atoms with Crippen molar-refractivity contribution in [2.45, 2.75) is 23.8 Å². The number of non-ortho nitro benzene ring substituents is 1. The Balaban J connectivity index is 1.48. The average Bonchev–Trinajstić information content (AvgIpc) is 2.89. The number of sulfonamides is 1. The SMILES string of the molecule is O=C(COC(=O)CC1c2ccccc2CCN1S(=O)(=O)c1ccccc1)Nc1cc([N+](=O)[O-])ccc1Cl. The molecule has 0 spiro atoms. The highest BCUT2D eigenvalue weighted by Crippen LogP contribution is 2.36. The van der Waals surface area contributed by atoms with E-state index in [0.29, 0.717) is 12.0 Å². The molecule has 0 bridgehead atoms. The summed E-state index contributed by atoms with van der Waals surface area (Å²) < 4.78 is 33.2. The third-order valence-electron chi connectivity index (χ3n) is 5.87. The van der Waals surface area contributed by atoms with E-state index in [9.17, 15) is 28.1 Å². The molecule has 1 amide bonds. The Kier molecular flexibility index (Phi) is 7.86. The van der Waals surface area contributed by atoms with Gasteiger partial charge in [0, 0.05) is 18.7 Å². The molecule has 0 aliphatic carbocycles. The molecule has 0 radical (unpaired) electrons. The number of carbonyl (C=O) groups excluding carboxylic acids is 2. The summed E-state index contributed by atoms with van der Waals surface area (Å²) in [5.74, 6) is -1.54. The lowest BCUT2D eigenvalue weighted by atomic mass is 9.92. The van der Waals surface area contributed by atoms with E-state index in [1.165, 1.54) is 28.6 Å². The Labute approximate surface area is 218 Å². The minimum Gasteiger partial charge on any atom is -0.456 e. The predicted octanol–water partition coefficient (Wildman–Crippen LogP) is 4.11. The Morgan fingerprint density at radius 2 is 1.78 bits per heavy atom. The smallest absolute Gasteiger partial charge is 0.308 e. The minimum atomic E-state index is -3.91. The van der Waals surface area contributed by atoms with Crippen LogP contribution in [0.25, 0.3) is 0 Å². The Morgan fingerprint density at radius 1 is 1.08 bits per heavy atom. The number of amides is 1. The quantitative estimate of drug-likeness (QED) is 0.256. The first-order valence-corrected chi connectivity index (χ1v) is 13.0. The highest BCUT2D eigenvalue weighted by atomic mass is 35.5. The highest BCUT2D eigenvalue weighted by molar-refractivity contribution is 7.89. The molecule has 1 unspecified atom stereocenters. The number of hydrogen-bond acceptors (Lipinski definition) is 7. The molecule has 37 heavy (non-hydrogen) atoms. The van der Waals surface area contributed by atoms with E-state index >= 15 is 0 Å². The molecule has 3 aromatic rings. The zero-order valence-corrected chi connectivity index (χ0v) is 20.9. The van der Waals surface area contributed by atoms with Crippen LogP contribution < -0.4 is 5.32 Å². The van der Waals surface area contributed by atoms with Crippen LogP contribution in [-0.4, -0.2) is 42.7 Å². The lowest BCUT2D eigenvalue weighted by molar-refractivity contribution is -0.384. The number of nitro benzene ring substituents is 1. The molecule has 10 nitrogen and oxygen atoms in total. The first-order valence-electron chi connectivity index (χ1n) is 11.2. The highest BCUT2D eigenvalue weighted by Gasteiger charge is 2.37. The third-order valence-corrected chi connectivity index (χ3v) is 8.12. The number of anilines is 1. The summed E-state index contributed by atoms with van der Waals surface area (Å²) in [6.07, 6.45) is 0.175. The van der Waals surface area contributed by atoms with Crippen LogP contribution in [0.3, 0.4) is 0 Å². The Morgan fingerprint density at radius 3 is 2.51 bits per heavy atom. The molecule has 1 heterocycles. The number of benzene rings is 3. The van der Waals surface area contributed by atoms with Gasteiger partial charge >= 0.3 is 5.97 Å². The molecule has 1 aliphatic heterocycles. The maximum absolute atomic E-state index is 13.4. The summed E-state index contributed by atoms with van der Waals surface area (Å²) >= 11 is 5.99. The van der Waals surface area contributed by atoms with Gasteiger partial charge in [0.2, 0.25) is 10.0 Å². The second-order valence-corrected chi connectivity index (χ2v) is 10.5. The van der Waals surface area contributed by atoms with Crippen LogP contribution in [0.2, 0.25) is 5.02 Å². The molecule has 0 saturated carbocycles. The number of hydrogen-bond donors (Lipinski definition) is 1. The van der Waals surface area contributed by atoms with E-state index in [4.69, 9.17) is 16.3 Å². The van der Waals surface area contributed by atoms with Crippen LogP contribution in [0.5, 0.6) is 0 Å². The number of carbonyl (C=O) groups is 2. The van der Waals surface area contributed by atoms with Crippen LogP contribution in [0, 0.1) is 10.1 Å². The normalized spacial score (nSPS) is 15.4. The van der Waals surface area contributed by atoms with Crippen molar-refractivity contribution in [1.29, 1.82) is 0 Å². The van der Waals surface area contributed by atoms with Crippen molar-refractivity contribution in [3.8, 4) is 0 Å². The fourth-order valence-electron chi connectivity index (χ4n) is 4.13. The number of halogens is 1. The Hall–Kier alpha value is -3.80. The first-order chi connectivity index (χ1) is 17.7. The van der Waals surface area contributed by atoms with Crippen LogP contribution in [0.15, 0.2) is 77.7 Å². The van der Waals surface area contributed by atoms with Gasteiger partial charge in [-0.15, -0.1) is 0 Å². The van der Waals surface area contributed by atoms with E-state index in [2.05, 4.69) is 5.32 Å². The molecule has 4 rings (SSSR count). The van der Waals surface area contributed by atoms with Crippen molar-refractivity contribution in [3.05, 3.63) is 99.1 Å². The molecule has 192 valence electrons. The fraction of sp³-hybridized carbons (Fsp3) is 0.200. The number of esters is 1. The van der Waals surface area contributed by atoms with Gasteiger partial charge < -0.3 is 10.1 Å². The van der Waals surface area contributed by atoms with Crippen molar-refractivity contribution in [2.75, 3.05) is 18.5 Å². The van der Waals surface area contributed by atoms with Gasteiger partial charge in [-0.25, -0.2) is 8.42 Å². The van der Waals surface area contributed by atoms with Crippen LogP contribution in [0.1, 0.15) is 23.6 Å². The van der Waals surface area contributed by atoms with Gasteiger partial charge in [0.1, 0.15) is 0 Å². The van der Waals surface area contributed by atoms with Crippen molar-refractivity contribution >= 4 is 44.9 Å².